The van der Waals surface area contributed by atoms with Crippen LogP contribution in [0, 0.1) is 0 Å². The molecule has 0 unspecified atom stereocenters. The van der Waals surface area contributed by atoms with Crippen LogP contribution >= 0.6 is 0 Å². The van der Waals surface area contributed by atoms with E-state index in [1.54, 1.807) is 0 Å². The lowest BCUT2D eigenvalue weighted by Crippen LogP contribution is -2.04. The van der Waals surface area contributed by atoms with Gasteiger partial charge in [0.1, 0.15) is 0 Å². The van der Waals surface area contributed by atoms with Gasteiger partial charge in [-0.05, 0) is 6.42 Å². The Labute approximate surface area is 112 Å². The van der Waals surface area contributed by atoms with E-state index in [2.05, 4.69) is 27.7 Å². The molecule has 0 aromatic carbocycles. The van der Waals surface area contributed by atoms with Crippen molar-refractivity contribution in [3.05, 3.63) is 0 Å². The largest absolute Gasteiger partial charge is 0.481 e. The lowest BCUT2D eigenvalue weighted by molar-refractivity contribution is -0.137. The Morgan fingerprint density at radius 3 is 1.65 bits per heavy atom. The molecule has 0 aromatic rings. The fourth-order valence-electron chi connectivity index (χ4n) is 1.75. The standard InChI is InChI=1S/C8H16O2.3C2H5.Al/c1-2-3-4-5-6-7-8(9)10;3*1-2;/h2-7H2,1H3,(H,9,10);3*1H2,2H3;. The molecule has 0 atom stereocenters. The van der Waals surface area contributed by atoms with E-state index >= 15 is 0 Å². The Balaban J connectivity index is 0. The smallest absolute Gasteiger partial charge is 0.303 e. The van der Waals surface area contributed by atoms with Crippen molar-refractivity contribution in [1.82, 2.24) is 0 Å². The molecular formula is C14H31AlO2. The van der Waals surface area contributed by atoms with Crippen LogP contribution in [0.25, 0.3) is 0 Å². The van der Waals surface area contributed by atoms with Crippen molar-refractivity contribution >= 4 is 20.1 Å². The highest BCUT2D eigenvalue weighted by Crippen LogP contribution is 2.04. The molecule has 0 amide bonds. The summed E-state index contributed by atoms with van der Waals surface area (Å²) in [4.78, 5) is 10.0. The summed E-state index contributed by atoms with van der Waals surface area (Å²) in [5, 5.41) is 12.7. The molecular weight excluding hydrogens is 227 g/mol. The van der Waals surface area contributed by atoms with Crippen molar-refractivity contribution in [1.29, 1.82) is 0 Å². The summed E-state index contributed by atoms with van der Waals surface area (Å²) in [6.07, 6.45) is 5.88. The SMILES string of the molecule is CCCCCCCC(=O)O.C[CH2][Al]([CH2]C)[CH2]C. The van der Waals surface area contributed by atoms with E-state index in [1.165, 1.54) is 35.1 Å². The van der Waals surface area contributed by atoms with Gasteiger partial charge in [-0.2, -0.15) is 0 Å². The lowest BCUT2D eigenvalue weighted by atomic mass is 10.1. The minimum absolute atomic E-state index is 0.171. The molecule has 0 fully saturated rings. The summed E-state index contributed by atoms with van der Waals surface area (Å²) in [6.45, 7) is 9.12. The minimum Gasteiger partial charge on any atom is -0.481 e. The monoisotopic (exact) mass is 258 g/mol. The molecule has 0 heterocycles. The highest BCUT2D eigenvalue weighted by atomic mass is 27.2. The number of rotatable bonds is 9. The Hall–Kier alpha value is 0.00247. The number of hydrogen-bond donors (Lipinski definition) is 1. The van der Waals surface area contributed by atoms with Crippen molar-refractivity contribution in [2.24, 2.45) is 0 Å². The normalized spacial score (nSPS) is 9.41. The molecule has 0 saturated carbocycles. The van der Waals surface area contributed by atoms with Crippen LogP contribution in [0.5, 0.6) is 0 Å². The Morgan fingerprint density at radius 2 is 1.35 bits per heavy atom. The molecule has 102 valence electrons. The predicted octanol–water partition coefficient (Wildman–Crippen LogP) is 4.97. The molecule has 0 spiro atoms. The molecule has 0 aliphatic carbocycles. The lowest BCUT2D eigenvalue weighted by Gasteiger charge is -1.97. The van der Waals surface area contributed by atoms with Crippen molar-refractivity contribution in [2.45, 2.75) is 82.1 Å². The zero-order valence-electron chi connectivity index (χ0n) is 12.3. The molecule has 0 saturated heterocycles. The molecule has 2 nitrogen and oxygen atoms in total. The third kappa shape index (κ3) is 18.6. The van der Waals surface area contributed by atoms with Gasteiger partial charge in [0.25, 0.3) is 14.1 Å². The zero-order chi connectivity index (χ0) is 13.5. The quantitative estimate of drug-likeness (QED) is 0.468. The second kappa shape index (κ2) is 16.0. The molecule has 1 N–H and O–H groups in total. The molecule has 3 heteroatoms. The van der Waals surface area contributed by atoms with E-state index in [9.17, 15) is 4.79 Å². The highest BCUT2D eigenvalue weighted by Gasteiger charge is 2.05. The second-order valence-electron chi connectivity index (χ2n) is 4.65. The minimum atomic E-state index is -0.670. The van der Waals surface area contributed by atoms with Gasteiger partial charge in [0.05, 0.1) is 0 Å². The van der Waals surface area contributed by atoms with E-state index in [4.69, 9.17) is 5.11 Å². The van der Waals surface area contributed by atoms with Crippen LogP contribution in [0.3, 0.4) is 0 Å². The van der Waals surface area contributed by atoms with E-state index in [-0.39, 0.29) is 14.1 Å². The molecule has 0 rings (SSSR count). The highest BCUT2D eigenvalue weighted by molar-refractivity contribution is 6.58. The number of aliphatic carboxylic acids is 1. The van der Waals surface area contributed by atoms with Crippen LogP contribution in [-0.4, -0.2) is 25.2 Å². The van der Waals surface area contributed by atoms with Crippen molar-refractivity contribution in [3.63, 3.8) is 0 Å². The molecule has 0 bridgehead atoms. The summed E-state index contributed by atoms with van der Waals surface area (Å²) in [7, 11) is 0. The van der Waals surface area contributed by atoms with E-state index < -0.39 is 5.97 Å². The van der Waals surface area contributed by atoms with Crippen LogP contribution in [0.2, 0.25) is 15.8 Å². The first-order valence-electron chi connectivity index (χ1n) is 7.33. The number of hydrogen-bond acceptors (Lipinski definition) is 1. The summed E-state index contributed by atoms with van der Waals surface area (Å²) in [5.74, 6) is -0.670. The van der Waals surface area contributed by atoms with Gasteiger partial charge in [-0.3, -0.25) is 4.79 Å². The van der Waals surface area contributed by atoms with Crippen molar-refractivity contribution in [3.8, 4) is 0 Å². The molecule has 0 aliphatic heterocycles. The van der Waals surface area contributed by atoms with E-state index in [1.807, 2.05) is 0 Å². The van der Waals surface area contributed by atoms with Gasteiger partial charge in [-0.1, -0.05) is 69.2 Å². The van der Waals surface area contributed by atoms with Gasteiger partial charge in [-0.15, -0.1) is 0 Å². The molecule has 0 aromatic heterocycles. The average molecular weight is 258 g/mol. The van der Waals surface area contributed by atoms with E-state index in [0.717, 1.165) is 12.8 Å². The summed E-state index contributed by atoms with van der Waals surface area (Å²) in [6, 6.07) is 0. The number of carboxylic acid groups (broad SMARTS) is 1. The zero-order valence-corrected chi connectivity index (χ0v) is 13.5. The number of unbranched alkanes of at least 4 members (excludes halogenated alkanes) is 4. The number of carbonyl (C=O) groups is 1. The fraction of sp³-hybridized carbons (Fsp3) is 0.929. The van der Waals surface area contributed by atoms with Crippen molar-refractivity contribution < 1.29 is 9.90 Å². The van der Waals surface area contributed by atoms with Crippen LogP contribution < -0.4 is 0 Å². The van der Waals surface area contributed by atoms with Crippen molar-refractivity contribution in [2.75, 3.05) is 0 Å². The predicted molar refractivity (Wildman–Crippen MR) is 78.2 cm³/mol. The summed E-state index contributed by atoms with van der Waals surface area (Å²) in [5.41, 5.74) is 0. The first-order chi connectivity index (χ1) is 8.12. The van der Waals surface area contributed by atoms with Gasteiger partial charge in [0, 0.05) is 6.42 Å². The average Bonchev–Trinajstić information content (AvgIpc) is 2.31. The first-order valence-corrected chi connectivity index (χ1v) is 9.78. The van der Waals surface area contributed by atoms with E-state index in [0.29, 0.717) is 6.42 Å². The molecule has 17 heavy (non-hydrogen) atoms. The maximum absolute atomic E-state index is 10.0. The molecule has 0 radical (unpaired) electrons. The third-order valence-electron chi connectivity index (χ3n) is 3.23. The maximum Gasteiger partial charge on any atom is 0.303 e. The maximum atomic E-state index is 10.0. The summed E-state index contributed by atoms with van der Waals surface area (Å²) < 4.78 is 0. The van der Waals surface area contributed by atoms with Crippen LogP contribution in [-0.2, 0) is 4.79 Å². The van der Waals surface area contributed by atoms with Crippen LogP contribution in [0.1, 0.15) is 66.2 Å². The number of carboxylic acids is 1. The van der Waals surface area contributed by atoms with Gasteiger partial charge < -0.3 is 5.11 Å². The van der Waals surface area contributed by atoms with Gasteiger partial charge in [0.15, 0.2) is 0 Å². The van der Waals surface area contributed by atoms with Gasteiger partial charge >= 0.3 is 5.97 Å². The van der Waals surface area contributed by atoms with Crippen LogP contribution in [0.15, 0.2) is 0 Å². The Kier molecular flexibility index (Phi) is 18.2. The fourth-order valence-corrected chi connectivity index (χ4v) is 3.48. The van der Waals surface area contributed by atoms with Crippen LogP contribution in [0.4, 0.5) is 0 Å². The Morgan fingerprint density at radius 1 is 0.882 bits per heavy atom. The third-order valence-corrected chi connectivity index (χ3v) is 6.69. The first kappa shape index (κ1) is 19.3. The molecule has 0 aliphatic rings. The second-order valence-corrected chi connectivity index (χ2v) is 8.83. The van der Waals surface area contributed by atoms with Gasteiger partial charge in [0.2, 0.25) is 0 Å². The van der Waals surface area contributed by atoms with Gasteiger partial charge in [-0.25, -0.2) is 0 Å². The Bertz CT molecular complexity index is 151. The summed E-state index contributed by atoms with van der Waals surface area (Å²) >= 11 is -0.171. The topological polar surface area (TPSA) is 37.3 Å².